The van der Waals surface area contributed by atoms with Crippen molar-refractivity contribution in [3.63, 3.8) is 0 Å². The zero-order valence-electron chi connectivity index (χ0n) is 10.8. The van der Waals surface area contributed by atoms with Crippen molar-refractivity contribution in [2.75, 3.05) is 44.2 Å². The second kappa shape index (κ2) is 6.13. The predicted octanol–water partition coefficient (Wildman–Crippen LogP) is 0.249. The van der Waals surface area contributed by atoms with E-state index in [1.807, 2.05) is 12.1 Å². The van der Waals surface area contributed by atoms with Crippen LogP contribution in [0, 0.1) is 0 Å². The average Bonchev–Trinajstić information content (AvgIpc) is 2.40. The van der Waals surface area contributed by atoms with Gasteiger partial charge < -0.3 is 15.1 Å². The van der Waals surface area contributed by atoms with Gasteiger partial charge in [0, 0.05) is 38.9 Å². The third-order valence-corrected chi connectivity index (χ3v) is 3.37. The van der Waals surface area contributed by atoms with E-state index in [1.165, 1.54) is 0 Å². The zero-order valence-corrected chi connectivity index (χ0v) is 10.8. The third kappa shape index (κ3) is 3.19. The summed E-state index contributed by atoms with van der Waals surface area (Å²) in [6, 6.07) is 3.89. The van der Waals surface area contributed by atoms with Crippen LogP contribution in [0.25, 0.3) is 0 Å². The molecule has 100 valence electrons. The van der Waals surface area contributed by atoms with E-state index in [1.54, 1.807) is 13.1 Å². The predicted molar refractivity (Wildman–Crippen MR) is 70.6 cm³/mol. The van der Waals surface area contributed by atoms with Crippen LogP contribution in [0.4, 0.5) is 5.82 Å². The lowest BCUT2D eigenvalue weighted by atomic mass is 10.2. The summed E-state index contributed by atoms with van der Waals surface area (Å²) < 4.78 is 0. The number of β-amino-alcohol motifs (C(OH)–C–C–N with tert-alkyl or cyclic N) is 1. The van der Waals surface area contributed by atoms with Crippen molar-refractivity contribution in [3.8, 4) is 0 Å². The van der Waals surface area contributed by atoms with Crippen LogP contribution in [0.3, 0.4) is 0 Å². The van der Waals surface area contributed by atoms with Crippen LogP contribution in [0.1, 0.15) is 18.6 Å². The first kappa shape index (κ1) is 13.3. The van der Waals surface area contributed by atoms with Gasteiger partial charge in [-0.3, -0.25) is 4.90 Å². The number of pyridine rings is 1. The Hall–Kier alpha value is -1.17. The molecule has 0 unspecified atom stereocenters. The Morgan fingerprint density at radius 2 is 2.00 bits per heavy atom. The van der Waals surface area contributed by atoms with Gasteiger partial charge in [-0.15, -0.1) is 0 Å². The van der Waals surface area contributed by atoms with E-state index in [9.17, 15) is 5.11 Å². The normalized spacial score (nSPS) is 18.9. The van der Waals surface area contributed by atoms with Gasteiger partial charge in [-0.25, -0.2) is 4.98 Å². The molecule has 2 heterocycles. The van der Waals surface area contributed by atoms with E-state index in [4.69, 9.17) is 5.11 Å². The van der Waals surface area contributed by atoms with E-state index in [2.05, 4.69) is 14.8 Å². The SMILES string of the molecule is C[C@@H](O)c1ccc(N2CCN(CCO)CC2)nc1. The summed E-state index contributed by atoms with van der Waals surface area (Å²) >= 11 is 0. The Balaban J connectivity index is 1.93. The molecule has 0 spiro atoms. The molecule has 1 aliphatic heterocycles. The van der Waals surface area contributed by atoms with Crippen molar-refractivity contribution < 1.29 is 10.2 Å². The van der Waals surface area contributed by atoms with Crippen LogP contribution in [0.15, 0.2) is 18.3 Å². The van der Waals surface area contributed by atoms with E-state index in [0.29, 0.717) is 0 Å². The first-order chi connectivity index (χ1) is 8.70. The number of nitrogens with zero attached hydrogens (tertiary/aromatic N) is 3. The molecule has 1 saturated heterocycles. The van der Waals surface area contributed by atoms with Crippen molar-refractivity contribution in [3.05, 3.63) is 23.9 Å². The van der Waals surface area contributed by atoms with E-state index >= 15 is 0 Å². The molecule has 0 aromatic carbocycles. The van der Waals surface area contributed by atoms with Crippen molar-refractivity contribution in [2.45, 2.75) is 13.0 Å². The molecule has 2 N–H and O–H groups in total. The molecule has 18 heavy (non-hydrogen) atoms. The molecule has 1 aromatic rings. The van der Waals surface area contributed by atoms with Gasteiger partial charge in [0.05, 0.1) is 12.7 Å². The van der Waals surface area contributed by atoms with Crippen LogP contribution < -0.4 is 4.90 Å². The summed E-state index contributed by atoms with van der Waals surface area (Å²) in [6.45, 7) is 6.50. The highest BCUT2D eigenvalue weighted by Crippen LogP contribution is 2.17. The highest BCUT2D eigenvalue weighted by Gasteiger charge is 2.17. The molecule has 2 rings (SSSR count). The molecular formula is C13H21N3O2. The van der Waals surface area contributed by atoms with Gasteiger partial charge in [-0.2, -0.15) is 0 Å². The zero-order chi connectivity index (χ0) is 13.0. The molecule has 1 aliphatic rings. The highest BCUT2D eigenvalue weighted by molar-refractivity contribution is 5.40. The van der Waals surface area contributed by atoms with Crippen molar-refractivity contribution in [1.82, 2.24) is 9.88 Å². The first-order valence-electron chi connectivity index (χ1n) is 6.43. The van der Waals surface area contributed by atoms with Crippen LogP contribution in [-0.2, 0) is 0 Å². The molecule has 0 aliphatic carbocycles. The van der Waals surface area contributed by atoms with Gasteiger partial charge in [0.25, 0.3) is 0 Å². The fraction of sp³-hybridized carbons (Fsp3) is 0.615. The Morgan fingerprint density at radius 3 is 2.50 bits per heavy atom. The summed E-state index contributed by atoms with van der Waals surface area (Å²) in [5.74, 6) is 0.961. The van der Waals surface area contributed by atoms with Crippen LogP contribution in [0.5, 0.6) is 0 Å². The van der Waals surface area contributed by atoms with Gasteiger partial charge in [-0.1, -0.05) is 6.07 Å². The standard InChI is InChI=1S/C13H21N3O2/c1-11(18)12-2-3-13(14-10-12)16-6-4-15(5-7-16)8-9-17/h2-3,10-11,17-18H,4-9H2,1H3/t11-/m1/s1. The lowest BCUT2D eigenvalue weighted by molar-refractivity contribution is 0.188. The molecule has 0 amide bonds. The Morgan fingerprint density at radius 1 is 1.28 bits per heavy atom. The summed E-state index contributed by atoms with van der Waals surface area (Å²) in [5.41, 5.74) is 0.845. The summed E-state index contributed by atoms with van der Waals surface area (Å²) in [5, 5.41) is 18.3. The smallest absolute Gasteiger partial charge is 0.128 e. The Bertz CT molecular complexity index is 359. The lowest BCUT2D eigenvalue weighted by Crippen LogP contribution is -2.47. The molecular weight excluding hydrogens is 230 g/mol. The number of aromatic nitrogens is 1. The minimum absolute atomic E-state index is 0.224. The Labute approximate surface area is 108 Å². The van der Waals surface area contributed by atoms with E-state index in [0.717, 1.165) is 44.1 Å². The topological polar surface area (TPSA) is 59.8 Å². The first-order valence-corrected chi connectivity index (χ1v) is 6.43. The largest absolute Gasteiger partial charge is 0.395 e. The quantitative estimate of drug-likeness (QED) is 0.803. The van der Waals surface area contributed by atoms with Crippen molar-refractivity contribution in [2.24, 2.45) is 0 Å². The third-order valence-electron chi connectivity index (χ3n) is 3.37. The number of anilines is 1. The van der Waals surface area contributed by atoms with Crippen LogP contribution in [-0.4, -0.2) is 59.4 Å². The number of aliphatic hydroxyl groups excluding tert-OH is 2. The molecule has 5 heteroatoms. The second-order valence-corrected chi connectivity index (χ2v) is 4.68. The molecule has 1 fully saturated rings. The van der Waals surface area contributed by atoms with Gasteiger partial charge in [0.2, 0.25) is 0 Å². The van der Waals surface area contributed by atoms with Crippen molar-refractivity contribution in [1.29, 1.82) is 0 Å². The number of hydrogen-bond acceptors (Lipinski definition) is 5. The highest BCUT2D eigenvalue weighted by atomic mass is 16.3. The van der Waals surface area contributed by atoms with Gasteiger partial charge in [0.1, 0.15) is 5.82 Å². The maximum absolute atomic E-state index is 9.43. The number of aliphatic hydroxyl groups is 2. The maximum Gasteiger partial charge on any atom is 0.128 e. The molecule has 1 aromatic heterocycles. The molecule has 0 saturated carbocycles. The van der Waals surface area contributed by atoms with Gasteiger partial charge in [-0.05, 0) is 18.6 Å². The van der Waals surface area contributed by atoms with Gasteiger partial charge in [0.15, 0.2) is 0 Å². The van der Waals surface area contributed by atoms with Crippen LogP contribution >= 0.6 is 0 Å². The van der Waals surface area contributed by atoms with Crippen molar-refractivity contribution >= 4 is 5.82 Å². The van der Waals surface area contributed by atoms with E-state index < -0.39 is 6.10 Å². The summed E-state index contributed by atoms with van der Waals surface area (Å²) in [6.07, 6.45) is 1.27. The van der Waals surface area contributed by atoms with Crippen LogP contribution in [0.2, 0.25) is 0 Å². The number of rotatable bonds is 4. The number of hydrogen-bond donors (Lipinski definition) is 2. The molecule has 0 bridgehead atoms. The summed E-state index contributed by atoms with van der Waals surface area (Å²) in [7, 11) is 0. The Kier molecular flexibility index (Phi) is 4.52. The molecule has 1 atom stereocenters. The second-order valence-electron chi connectivity index (χ2n) is 4.68. The fourth-order valence-corrected chi connectivity index (χ4v) is 2.17. The van der Waals surface area contributed by atoms with E-state index in [-0.39, 0.29) is 6.61 Å². The summed E-state index contributed by atoms with van der Waals surface area (Å²) in [4.78, 5) is 8.88. The average molecular weight is 251 g/mol. The molecule has 5 nitrogen and oxygen atoms in total. The maximum atomic E-state index is 9.43. The minimum Gasteiger partial charge on any atom is -0.395 e. The van der Waals surface area contributed by atoms with Gasteiger partial charge >= 0.3 is 0 Å². The molecule has 0 radical (unpaired) electrons. The fourth-order valence-electron chi connectivity index (χ4n) is 2.17. The number of piperazine rings is 1. The minimum atomic E-state index is -0.465. The lowest BCUT2D eigenvalue weighted by Gasteiger charge is -2.35. The monoisotopic (exact) mass is 251 g/mol.